The molecular weight excluding hydrogens is 222 g/mol. The molecule has 2 atom stereocenters. The molecule has 0 saturated carbocycles. The van der Waals surface area contributed by atoms with Gasteiger partial charge in [0, 0.05) is 19.2 Å². The molecule has 0 bridgehead atoms. The maximum Gasteiger partial charge on any atom is 0.0587 e. The van der Waals surface area contributed by atoms with Crippen molar-refractivity contribution in [1.29, 1.82) is 0 Å². The van der Waals surface area contributed by atoms with E-state index < -0.39 is 0 Å². The monoisotopic (exact) mass is 247 g/mol. The third kappa shape index (κ3) is 3.82. The molecule has 2 rings (SSSR count). The molecule has 0 radical (unpaired) electrons. The Morgan fingerprint density at radius 2 is 1.89 bits per heavy atom. The van der Waals surface area contributed by atoms with E-state index in [-0.39, 0.29) is 0 Å². The molecule has 1 saturated heterocycles. The van der Waals surface area contributed by atoms with Crippen molar-refractivity contribution >= 4 is 0 Å². The predicted molar refractivity (Wildman–Crippen MR) is 75.7 cm³/mol. The van der Waals surface area contributed by atoms with Crippen molar-refractivity contribution in [2.75, 3.05) is 6.61 Å². The second kappa shape index (κ2) is 6.91. The van der Waals surface area contributed by atoms with Crippen LogP contribution in [0.2, 0.25) is 0 Å². The van der Waals surface area contributed by atoms with Crippen LogP contribution >= 0.6 is 0 Å². The Morgan fingerprint density at radius 1 is 1.17 bits per heavy atom. The highest BCUT2D eigenvalue weighted by Crippen LogP contribution is 2.16. The van der Waals surface area contributed by atoms with Gasteiger partial charge in [-0.15, -0.1) is 0 Å². The SMILES string of the molecule is CCc1ccc(CNC2CCOC(CC)C2)cc1. The van der Waals surface area contributed by atoms with Gasteiger partial charge in [-0.1, -0.05) is 38.1 Å². The highest BCUT2D eigenvalue weighted by molar-refractivity contribution is 5.22. The zero-order chi connectivity index (χ0) is 12.8. The largest absolute Gasteiger partial charge is 0.378 e. The van der Waals surface area contributed by atoms with Gasteiger partial charge in [0.15, 0.2) is 0 Å². The van der Waals surface area contributed by atoms with E-state index in [0.717, 1.165) is 38.8 Å². The smallest absolute Gasteiger partial charge is 0.0587 e. The topological polar surface area (TPSA) is 21.3 Å². The quantitative estimate of drug-likeness (QED) is 0.862. The minimum absolute atomic E-state index is 0.457. The average Bonchev–Trinajstić information content (AvgIpc) is 2.46. The van der Waals surface area contributed by atoms with Crippen LogP contribution in [0.15, 0.2) is 24.3 Å². The Labute approximate surface area is 111 Å². The number of hydrogen-bond acceptors (Lipinski definition) is 2. The van der Waals surface area contributed by atoms with Crippen LogP contribution in [0.5, 0.6) is 0 Å². The number of hydrogen-bond donors (Lipinski definition) is 1. The first-order valence-corrected chi connectivity index (χ1v) is 7.24. The summed E-state index contributed by atoms with van der Waals surface area (Å²) in [5.74, 6) is 0. The van der Waals surface area contributed by atoms with Gasteiger partial charge in [-0.05, 0) is 36.8 Å². The summed E-state index contributed by atoms with van der Waals surface area (Å²) in [6.07, 6.45) is 5.00. The van der Waals surface area contributed by atoms with E-state index in [2.05, 4.69) is 43.4 Å². The molecule has 2 heteroatoms. The Bertz CT molecular complexity index is 347. The van der Waals surface area contributed by atoms with Crippen molar-refractivity contribution in [3.8, 4) is 0 Å². The summed E-state index contributed by atoms with van der Waals surface area (Å²) < 4.78 is 5.70. The van der Waals surface area contributed by atoms with Gasteiger partial charge in [-0.25, -0.2) is 0 Å². The molecule has 2 unspecified atom stereocenters. The Kier molecular flexibility index (Phi) is 5.21. The number of ether oxygens (including phenoxy) is 1. The fraction of sp³-hybridized carbons (Fsp3) is 0.625. The van der Waals surface area contributed by atoms with Gasteiger partial charge in [-0.3, -0.25) is 0 Å². The summed E-state index contributed by atoms with van der Waals surface area (Å²) >= 11 is 0. The molecule has 1 aliphatic heterocycles. The molecule has 0 aliphatic carbocycles. The van der Waals surface area contributed by atoms with Crippen LogP contribution in [-0.2, 0) is 17.7 Å². The molecule has 1 aliphatic rings. The van der Waals surface area contributed by atoms with Crippen LogP contribution in [0.25, 0.3) is 0 Å². The Hall–Kier alpha value is -0.860. The van der Waals surface area contributed by atoms with Crippen molar-refractivity contribution in [3.63, 3.8) is 0 Å². The van der Waals surface area contributed by atoms with Gasteiger partial charge >= 0.3 is 0 Å². The minimum atomic E-state index is 0.457. The summed E-state index contributed by atoms with van der Waals surface area (Å²) in [5, 5.41) is 3.66. The highest BCUT2D eigenvalue weighted by Gasteiger charge is 2.20. The third-order valence-corrected chi connectivity index (χ3v) is 3.85. The maximum atomic E-state index is 5.70. The van der Waals surface area contributed by atoms with Crippen molar-refractivity contribution in [3.05, 3.63) is 35.4 Å². The number of benzene rings is 1. The summed E-state index contributed by atoms with van der Waals surface area (Å²) in [5.41, 5.74) is 2.79. The fourth-order valence-electron chi connectivity index (χ4n) is 2.51. The lowest BCUT2D eigenvalue weighted by Crippen LogP contribution is -2.38. The lowest BCUT2D eigenvalue weighted by Gasteiger charge is -2.29. The Balaban J connectivity index is 1.79. The van der Waals surface area contributed by atoms with E-state index in [0.29, 0.717) is 12.1 Å². The predicted octanol–water partition coefficient (Wildman–Crippen LogP) is 3.30. The lowest BCUT2D eigenvalue weighted by molar-refractivity contribution is -0.000318. The van der Waals surface area contributed by atoms with Crippen LogP contribution < -0.4 is 5.32 Å². The van der Waals surface area contributed by atoms with E-state index >= 15 is 0 Å². The zero-order valence-corrected chi connectivity index (χ0v) is 11.6. The molecule has 1 N–H and O–H groups in total. The molecular formula is C16H25NO. The van der Waals surface area contributed by atoms with Crippen LogP contribution in [0, 0.1) is 0 Å². The van der Waals surface area contributed by atoms with Gasteiger partial charge in [0.2, 0.25) is 0 Å². The second-order valence-corrected chi connectivity index (χ2v) is 5.17. The highest BCUT2D eigenvalue weighted by atomic mass is 16.5. The van der Waals surface area contributed by atoms with Crippen molar-refractivity contribution in [2.24, 2.45) is 0 Å². The molecule has 1 aromatic carbocycles. The molecule has 1 fully saturated rings. The van der Waals surface area contributed by atoms with Crippen molar-refractivity contribution in [1.82, 2.24) is 5.32 Å². The number of nitrogens with one attached hydrogen (secondary N) is 1. The zero-order valence-electron chi connectivity index (χ0n) is 11.6. The summed E-state index contributed by atoms with van der Waals surface area (Å²) in [6.45, 7) is 6.28. The number of aryl methyl sites for hydroxylation is 1. The molecule has 1 aromatic rings. The molecule has 18 heavy (non-hydrogen) atoms. The Morgan fingerprint density at radius 3 is 2.56 bits per heavy atom. The first kappa shape index (κ1) is 13.6. The molecule has 1 heterocycles. The van der Waals surface area contributed by atoms with E-state index in [1.165, 1.54) is 11.1 Å². The molecule has 0 aromatic heterocycles. The van der Waals surface area contributed by atoms with Crippen LogP contribution in [0.1, 0.15) is 44.2 Å². The van der Waals surface area contributed by atoms with Gasteiger partial charge in [0.1, 0.15) is 0 Å². The van der Waals surface area contributed by atoms with Crippen LogP contribution in [-0.4, -0.2) is 18.8 Å². The van der Waals surface area contributed by atoms with E-state index in [1.54, 1.807) is 0 Å². The second-order valence-electron chi connectivity index (χ2n) is 5.17. The summed E-state index contributed by atoms with van der Waals surface area (Å²) in [7, 11) is 0. The van der Waals surface area contributed by atoms with Gasteiger partial charge in [0.25, 0.3) is 0 Å². The number of rotatable bonds is 5. The first-order chi connectivity index (χ1) is 8.81. The van der Waals surface area contributed by atoms with Crippen molar-refractivity contribution in [2.45, 2.75) is 58.2 Å². The molecule has 2 nitrogen and oxygen atoms in total. The van der Waals surface area contributed by atoms with E-state index in [1.807, 2.05) is 0 Å². The molecule has 0 spiro atoms. The maximum absolute atomic E-state index is 5.70. The fourth-order valence-corrected chi connectivity index (χ4v) is 2.51. The molecule has 100 valence electrons. The van der Waals surface area contributed by atoms with Gasteiger partial charge < -0.3 is 10.1 Å². The van der Waals surface area contributed by atoms with Crippen LogP contribution in [0.4, 0.5) is 0 Å². The molecule has 0 amide bonds. The van der Waals surface area contributed by atoms with Gasteiger partial charge in [0.05, 0.1) is 6.10 Å². The standard InChI is InChI=1S/C16H25NO/c1-3-13-5-7-14(8-6-13)12-17-15-9-10-18-16(4-2)11-15/h5-8,15-17H,3-4,9-12H2,1-2H3. The first-order valence-electron chi connectivity index (χ1n) is 7.24. The minimum Gasteiger partial charge on any atom is -0.378 e. The van der Waals surface area contributed by atoms with Crippen LogP contribution in [0.3, 0.4) is 0 Å². The summed E-state index contributed by atoms with van der Waals surface area (Å²) in [4.78, 5) is 0. The average molecular weight is 247 g/mol. The van der Waals surface area contributed by atoms with E-state index in [4.69, 9.17) is 4.74 Å². The van der Waals surface area contributed by atoms with E-state index in [9.17, 15) is 0 Å². The van der Waals surface area contributed by atoms with Gasteiger partial charge in [-0.2, -0.15) is 0 Å². The third-order valence-electron chi connectivity index (χ3n) is 3.85. The lowest BCUT2D eigenvalue weighted by atomic mass is 10.0. The summed E-state index contributed by atoms with van der Waals surface area (Å²) in [6, 6.07) is 9.56. The van der Waals surface area contributed by atoms with Crippen molar-refractivity contribution < 1.29 is 4.74 Å². The normalized spacial score (nSPS) is 24.1.